The van der Waals surface area contributed by atoms with Gasteiger partial charge in [0.25, 0.3) is 0 Å². The van der Waals surface area contributed by atoms with Gasteiger partial charge in [0.15, 0.2) is 0 Å². The molecule has 0 heterocycles. The molecule has 2 saturated carbocycles. The van der Waals surface area contributed by atoms with Crippen LogP contribution in [0.15, 0.2) is 72.0 Å². The van der Waals surface area contributed by atoms with Crippen molar-refractivity contribution in [3.63, 3.8) is 0 Å². The highest BCUT2D eigenvalue weighted by Gasteiger charge is 2.46. The maximum absolute atomic E-state index is 13.8. The summed E-state index contributed by atoms with van der Waals surface area (Å²) in [6.07, 6.45) is 4.83. The van der Waals surface area contributed by atoms with E-state index < -0.39 is 11.7 Å². The Morgan fingerprint density at radius 3 is 2.74 bits per heavy atom. The quantitative estimate of drug-likeness (QED) is 0.404. The number of ether oxygens (including phenoxy) is 1. The van der Waals surface area contributed by atoms with Gasteiger partial charge in [-0.1, -0.05) is 43.0 Å². The summed E-state index contributed by atoms with van der Waals surface area (Å²) in [5, 5.41) is 0. The lowest BCUT2D eigenvalue weighted by Gasteiger charge is -2.30. The first-order chi connectivity index (χ1) is 16.3. The van der Waals surface area contributed by atoms with Gasteiger partial charge < -0.3 is 4.74 Å². The topological polar surface area (TPSA) is 9.23 Å². The molecule has 0 bridgehead atoms. The van der Waals surface area contributed by atoms with E-state index in [1.807, 2.05) is 6.92 Å². The summed E-state index contributed by atoms with van der Waals surface area (Å²) in [4.78, 5) is 0. The van der Waals surface area contributed by atoms with Crippen LogP contribution in [-0.2, 0) is 23.9 Å². The van der Waals surface area contributed by atoms with Crippen LogP contribution >= 0.6 is 0 Å². The lowest BCUT2D eigenvalue weighted by atomic mass is 9.75. The molecule has 0 N–H and O–H groups in total. The van der Waals surface area contributed by atoms with Crippen molar-refractivity contribution in [3.8, 4) is 0 Å². The second-order valence-electron chi connectivity index (χ2n) is 9.93. The summed E-state index contributed by atoms with van der Waals surface area (Å²) in [6.45, 7) is 8.60. The molecular weight excluding hydrogens is 433 g/mol. The molecule has 0 amide bonds. The summed E-state index contributed by atoms with van der Waals surface area (Å²) in [7, 11) is 0. The zero-order chi connectivity index (χ0) is 24.0. The smallest absolute Gasteiger partial charge is 0.416 e. The van der Waals surface area contributed by atoms with Gasteiger partial charge in [0.2, 0.25) is 0 Å². The summed E-state index contributed by atoms with van der Waals surface area (Å²) in [5.74, 6) is 1.91. The molecule has 0 aliphatic heterocycles. The minimum Gasteiger partial charge on any atom is -0.490 e. The van der Waals surface area contributed by atoms with E-state index in [9.17, 15) is 13.2 Å². The molecule has 3 aliphatic carbocycles. The summed E-state index contributed by atoms with van der Waals surface area (Å²) >= 11 is 0. The van der Waals surface area contributed by atoms with E-state index in [1.54, 1.807) is 12.1 Å². The van der Waals surface area contributed by atoms with Crippen molar-refractivity contribution in [1.29, 1.82) is 0 Å². The first-order valence-electron chi connectivity index (χ1n) is 12.2. The molecule has 1 nitrogen and oxygen atoms in total. The molecule has 2 fully saturated rings. The Morgan fingerprint density at radius 2 is 1.97 bits per heavy atom. The Hall–Kier alpha value is -2.75. The predicted molar refractivity (Wildman–Crippen MR) is 129 cm³/mol. The number of aryl methyl sites for hydroxylation is 1. The van der Waals surface area contributed by atoms with Crippen LogP contribution in [0.1, 0.15) is 71.9 Å². The number of benzene rings is 2. The number of hydrogen-bond acceptors (Lipinski definition) is 1. The monoisotopic (exact) mass is 464 g/mol. The Kier molecular flexibility index (Phi) is 5.95. The summed E-state index contributed by atoms with van der Waals surface area (Å²) in [5.41, 5.74) is 6.86. The molecule has 4 heteroatoms. The molecule has 0 saturated heterocycles. The molecule has 0 radical (unpaired) electrons. The van der Waals surface area contributed by atoms with Gasteiger partial charge in [-0.2, -0.15) is 13.2 Å². The average Bonchev–Trinajstić information content (AvgIpc) is 3.48. The largest absolute Gasteiger partial charge is 0.490 e. The van der Waals surface area contributed by atoms with Gasteiger partial charge >= 0.3 is 6.18 Å². The average molecular weight is 465 g/mol. The van der Waals surface area contributed by atoms with Crippen molar-refractivity contribution in [2.24, 2.45) is 11.8 Å². The first-order valence-corrected chi connectivity index (χ1v) is 12.2. The molecule has 2 aromatic carbocycles. The van der Waals surface area contributed by atoms with Crippen molar-refractivity contribution in [2.75, 3.05) is 0 Å². The molecule has 3 unspecified atom stereocenters. The van der Waals surface area contributed by atoms with Crippen LogP contribution in [0.25, 0.3) is 0 Å². The van der Waals surface area contributed by atoms with Gasteiger partial charge in [0.1, 0.15) is 12.4 Å². The van der Waals surface area contributed by atoms with Crippen LogP contribution in [0.3, 0.4) is 0 Å². The lowest BCUT2D eigenvalue weighted by molar-refractivity contribution is -0.138. The number of fused-ring (bicyclic) bond motifs is 2. The molecule has 3 aliphatic rings. The highest BCUT2D eigenvalue weighted by atomic mass is 19.4. The number of halogens is 3. The van der Waals surface area contributed by atoms with Crippen LogP contribution < -0.4 is 0 Å². The van der Waals surface area contributed by atoms with Crippen LogP contribution in [0.2, 0.25) is 0 Å². The van der Waals surface area contributed by atoms with E-state index >= 15 is 0 Å². The normalized spacial score (nSPS) is 25.9. The van der Waals surface area contributed by atoms with Crippen molar-refractivity contribution in [2.45, 2.75) is 64.7 Å². The Labute approximate surface area is 200 Å². The fourth-order valence-corrected chi connectivity index (χ4v) is 6.14. The molecule has 34 heavy (non-hydrogen) atoms. The van der Waals surface area contributed by atoms with Crippen LogP contribution in [0.5, 0.6) is 0 Å². The third kappa shape index (κ3) is 4.23. The minimum absolute atomic E-state index is 0.255. The number of allylic oxidation sites excluding steroid dienone is 4. The van der Waals surface area contributed by atoms with Crippen molar-refractivity contribution in [1.82, 2.24) is 0 Å². The maximum Gasteiger partial charge on any atom is 0.416 e. The van der Waals surface area contributed by atoms with Crippen molar-refractivity contribution < 1.29 is 17.9 Å². The number of rotatable bonds is 5. The van der Waals surface area contributed by atoms with Gasteiger partial charge in [0.05, 0.1) is 5.56 Å². The van der Waals surface area contributed by atoms with E-state index in [0.717, 1.165) is 59.8 Å². The molecule has 178 valence electrons. The van der Waals surface area contributed by atoms with Gasteiger partial charge in [0, 0.05) is 5.92 Å². The van der Waals surface area contributed by atoms with E-state index in [2.05, 4.69) is 37.8 Å². The fraction of sp³-hybridized carbons (Fsp3) is 0.400. The predicted octanol–water partition coefficient (Wildman–Crippen LogP) is 8.42. The standard InChI is InChI=1S/C30H31F3O/c1-4-24-22(15-23-16-27(23)24)14-18(2)34-17-21-13-12-20-8-7-10-26(29(20)19(21)3)25-9-5-6-11-28(25)30(31,32)33/h4-6,9,11-14,23,26-27H,2,7-8,10,15-17H2,1,3H3/b22-14-,24-4+. The highest BCUT2D eigenvalue weighted by Crippen LogP contribution is 2.57. The maximum atomic E-state index is 13.8. The number of alkyl halides is 3. The Balaban J connectivity index is 1.39. The van der Waals surface area contributed by atoms with E-state index in [0.29, 0.717) is 17.9 Å². The second-order valence-corrected chi connectivity index (χ2v) is 9.93. The van der Waals surface area contributed by atoms with Crippen molar-refractivity contribution >= 4 is 0 Å². The molecular formula is C30H31F3O. The molecule has 3 atom stereocenters. The molecule has 2 aromatic rings. The molecule has 0 aromatic heterocycles. The van der Waals surface area contributed by atoms with Gasteiger partial charge in [-0.05, 0) is 109 Å². The molecule has 0 spiro atoms. The van der Waals surface area contributed by atoms with Gasteiger partial charge in [-0.25, -0.2) is 0 Å². The van der Waals surface area contributed by atoms with E-state index in [1.165, 1.54) is 29.7 Å². The Morgan fingerprint density at radius 1 is 1.18 bits per heavy atom. The summed E-state index contributed by atoms with van der Waals surface area (Å²) < 4.78 is 47.4. The first kappa shape index (κ1) is 23.0. The fourth-order valence-electron chi connectivity index (χ4n) is 6.14. The third-order valence-electron chi connectivity index (χ3n) is 7.88. The van der Waals surface area contributed by atoms with E-state index in [-0.39, 0.29) is 5.92 Å². The van der Waals surface area contributed by atoms with Crippen LogP contribution in [0, 0.1) is 18.8 Å². The second kappa shape index (κ2) is 8.79. The van der Waals surface area contributed by atoms with Crippen molar-refractivity contribution in [3.05, 3.63) is 105 Å². The lowest BCUT2D eigenvalue weighted by Crippen LogP contribution is -2.18. The third-order valence-corrected chi connectivity index (χ3v) is 7.88. The minimum atomic E-state index is -4.36. The van der Waals surface area contributed by atoms with Crippen LogP contribution in [-0.4, -0.2) is 0 Å². The SMILES string of the molecule is C=C(/C=C1/CC2CC2/C1=C/C)OCc1ccc2c(c1C)C(c1ccccc1C(F)(F)F)CCC2. The Bertz CT molecular complexity index is 1180. The van der Waals surface area contributed by atoms with Crippen LogP contribution in [0.4, 0.5) is 13.2 Å². The van der Waals surface area contributed by atoms with E-state index in [4.69, 9.17) is 4.74 Å². The van der Waals surface area contributed by atoms with Gasteiger partial charge in [-0.3, -0.25) is 0 Å². The highest BCUT2D eigenvalue weighted by molar-refractivity contribution is 5.50. The zero-order valence-electron chi connectivity index (χ0n) is 19.8. The summed E-state index contributed by atoms with van der Waals surface area (Å²) in [6, 6.07) is 10.2. The zero-order valence-corrected chi connectivity index (χ0v) is 19.8. The van der Waals surface area contributed by atoms with Gasteiger partial charge in [-0.15, -0.1) is 0 Å². The molecule has 5 rings (SSSR count). The number of hydrogen-bond donors (Lipinski definition) is 0.